The lowest BCUT2D eigenvalue weighted by atomic mass is 10.1. The van der Waals surface area contributed by atoms with Gasteiger partial charge in [0.2, 0.25) is 5.89 Å². The minimum Gasteiger partial charge on any atom is -0.411 e. The first kappa shape index (κ1) is 18.4. The Labute approximate surface area is 166 Å². The van der Waals surface area contributed by atoms with E-state index in [1.54, 1.807) is 0 Å². The maximum Gasteiger partial charge on any atom is 0.276 e. The molecule has 1 aromatic heterocycles. The molecule has 3 rings (SSSR count). The van der Waals surface area contributed by atoms with E-state index in [0.717, 1.165) is 32.2 Å². The highest BCUT2D eigenvalue weighted by molar-refractivity contribution is 9.10. The summed E-state index contributed by atoms with van der Waals surface area (Å²) in [4.78, 5) is 12.1. The number of nitrogens with zero attached hydrogens (tertiary/aromatic N) is 2. The lowest BCUT2D eigenvalue weighted by Gasteiger charge is -2.00. The summed E-state index contributed by atoms with van der Waals surface area (Å²) >= 11 is 8.23. The standard InChI is InChI=1S/C18H14Br2N2O2S/c19-14-7-3-12(4-8-14)16(23)2-1-11-25-18-22-21-17(24-18)13-5-9-15(20)10-6-13/h3-10H,1-2,11H2. The van der Waals surface area contributed by atoms with E-state index in [9.17, 15) is 4.79 Å². The SMILES string of the molecule is O=C(CCCSc1nnc(-c2ccc(Br)cc2)o1)c1ccc(Br)cc1. The zero-order chi connectivity index (χ0) is 17.6. The molecule has 25 heavy (non-hydrogen) atoms. The van der Waals surface area contributed by atoms with Crippen LogP contribution < -0.4 is 0 Å². The van der Waals surface area contributed by atoms with Crippen LogP contribution in [0, 0.1) is 0 Å². The van der Waals surface area contributed by atoms with Crippen molar-refractivity contribution in [3.63, 3.8) is 0 Å². The smallest absolute Gasteiger partial charge is 0.276 e. The van der Waals surface area contributed by atoms with Crippen LogP contribution in [0.15, 0.2) is 67.1 Å². The van der Waals surface area contributed by atoms with Crippen molar-refractivity contribution < 1.29 is 9.21 Å². The first-order chi connectivity index (χ1) is 12.1. The number of halogens is 2. The number of carbonyl (C=O) groups excluding carboxylic acids is 1. The molecule has 0 N–H and O–H groups in total. The van der Waals surface area contributed by atoms with E-state index in [-0.39, 0.29) is 5.78 Å². The molecule has 0 saturated heterocycles. The minimum absolute atomic E-state index is 0.147. The highest BCUT2D eigenvalue weighted by Gasteiger charge is 2.10. The normalized spacial score (nSPS) is 10.8. The van der Waals surface area contributed by atoms with Gasteiger partial charge < -0.3 is 4.42 Å². The Kier molecular flexibility index (Phi) is 6.45. The van der Waals surface area contributed by atoms with Gasteiger partial charge in [-0.1, -0.05) is 55.8 Å². The van der Waals surface area contributed by atoms with Crippen LogP contribution in [0.4, 0.5) is 0 Å². The zero-order valence-electron chi connectivity index (χ0n) is 13.1. The molecular weight excluding hydrogens is 468 g/mol. The molecule has 0 bridgehead atoms. The van der Waals surface area contributed by atoms with Crippen molar-refractivity contribution in [2.75, 3.05) is 5.75 Å². The second-order valence-electron chi connectivity index (χ2n) is 5.26. The summed E-state index contributed by atoms with van der Waals surface area (Å²) in [5, 5.41) is 8.63. The monoisotopic (exact) mass is 480 g/mol. The van der Waals surface area contributed by atoms with Gasteiger partial charge in [0, 0.05) is 32.2 Å². The molecular formula is C18H14Br2N2O2S. The molecule has 0 aliphatic carbocycles. The van der Waals surface area contributed by atoms with Crippen molar-refractivity contribution in [2.24, 2.45) is 0 Å². The molecule has 0 aliphatic rings. The second kappa shape index (κ2) is 8.78. The molecule has 0 amide bonds. The number of carbonyl (C=O) groups is 1. The van der Waals surface area contributed by atoms with E-state index in [2.05, 4.69) is 42.1 Å². The number of benzene rings is 2. The summed E-state index contributed by atoms with van der Waals surface area (Å²) < 4.78 is 7.62. The largest absolute Gasteiger partial charge is 0.411 e. The Balaban J connectivity index is 1.47. The topological polar surface area (TPSA) is 56.0 Å². The fourth-order valence-electron chi connectivity index (χ4n) is 2.15. The third kappa shape index (κ3) is 5.26. The molecule has 2 aromatic carbocycles. The molecule has 0 saturated carbocycles. The lowest BCUT2D eigenvalue weighted by molar-refractivity contribution is 0.0982. The second-order valence-corrected chi connectivity index (χ2v) is 8.14. The first-order valence-electron chi connectivity index (χ1n) is 7.63. The van der Waals surface area contributed by atoms with E-state index >= 15 is 0 Å². The number of rotatable bonds is 7. The fourth-order valence-corrected chi connectivity index (χ4v) is 3.38. The van der Waals surface area contributed by atoms with Gasteiger partial charge in [-0.05, 0) is 42.8 Å². The van der Waals surface area contributed by atoms with Crippen LogP contribution in [0.5, 0.6) is 0 Å². The van der Waals surface area contributed by atoms with Crippen molar-refractivity contribution in [1.29, 1.82) is 0 Å². The van der Waals surface area contributed by atoms with Gasteiger partial charge in [0.05, 0.1) is 0 Å². The van der Waals surface area contributed by atoms with Crippen LogP contribution in [0.3, 0.4) is 0 Å². The number of Topliss-reactive ketones (excluding diaryl/α,β-unsaturated/α-hetero) is 1. The Bertz CT molecular complexity index is 848. The molecule has 4 nitrogen and oxygen atoms in total. The molecule has 1 heterocycles. The molecule has 3 aromatic rings. The van der Waals surface area contributed by atoms with Crippen LogP contribution >= 0.6 is 43.6 Å². The quantitative estimate of drug-likeness (QED) is 0.234. The first-order valence-corrected chi connectivity index (χ1v) is 10.2. The zero-order valence-corrected chi connectivity index (χ0v) is 17.1. The van der Waals surface area contributed by atoms with Crippen molar-refractivity contribution in [1.82, 2.24) is 10.2 Å². The average Bonchev–Trinajstić information content (AvgIpc) is 3.09. The van der Waals surface area contributed by atoms with Crippen molar-refractivity contribution >= 4 is 49.4 Å². The van der Waals surface area contributed by atoms with Gasteiger partial charge in [-0.25, -0.2) is 0 Å². The molecule has 0 unspecified atom stereocenters. The Morgan fingerprint density at radius 1 is 0.960 bits per heavy atom. The Morgan fingerprint density at radius 3 is 2.28 bits per heavy atom. The molecule has 0 spiro atoms. The number of aromatic nitrogens is 2. The Hall–Kier alpha value is -1.44. The summed E-state index contributed by atoms with van der Waals surface area (Å²) in [6.07, 6.45) is 1.26. The molecule has 7 heteroatoms. The molecule has 0 aliphatic heterocycles. The predicted molar refractivity (Wildman–Crippen MR) is 106 cm³/mol. The summed E-state index contributed by atoms with van der Waals surface area (Å²) in [5.41, 5.74) is 1.62. The van der Waals surface area contributed by atoms with Gasteiger partial charge in [-0.15, -0.1) is 10.2 Å². The van der Waals surface area contributed by atoms with Gasteiger partial charge in [-0.3, -0.25) is 4.79 Å². The van der Waals surface area contributed by atoms with E-state index in [1.165, 1.54) is 11.8 Å². The third-order valence-electron chi connectivity index (χ3n) is 3.44. The summed E-state index contributed by atoms with van der Waals surface area (Å²) in [6, 6.07) is 15.1. The van der Waals surface area contributed by atoms with Crippen LogP contribution in [0.2, 0.25) is 0 Å². The van der Waals surface area contributed by atoms with Gasteiger partial charge in [0.15, 0.2) is 5.78 Å². The van der Waals surface area contributed by atoms with E-state index in [0.29, 0.717) is 17.5 Å². The highest BCUT2D eigenvalue weighted by Crippen LogP contribution is 2.25. The number of ketones is 1. The van der Waals surface area contributed by atoms with Gasteiger partial charge >= 0.3 is 0 Å². The van der Waals surface area contributed by atoms with E-state index in [4.69, 9.17) is 4.42 Å². The number of thioether (sulfide) groups is 1. The number of hydrogen-bond acceptors (Lipinski definition) is 5. The van der Waals surface area contributed by atoms with Gasteiger partial charge in [-0.2, -0.15) is 0 Å². The minimum atomic E-state index is 0.147. The molecule has 0 fully saturated rings. The van der Waals surface area contributed by atoms with Crippen molar-refractivity contribution in [3.05, 3.63) is 63.0 Å². The van der Waals surface area contributed by atoms with Crippen LogP contribution in [-0.4, -0.2) is 21.7 Å². The summed E-state index contributed by atoms with van der Waals surface area (Å²) in [7, 11) is 0. The van der Waals surface area contributed by atoms with Crippen molar-refractivity contribution in [3.8, 4) is 11.5 Å². The number of hydrogen-bond donors (Lipinski definition) is 0. The van der Waals surface area contributed by atoms with Gasteiger partial charge in [0.1, 0.15) is 0 Å². The molecule has 0 radical (unpaired) electrons. The molecule has 128 valence electrons. The highest BCUT2D eigenvalue weighted by atomic mass is 79.9. The Morgan fingerprint density at radius 2 is 1.60 bits per heavy atom. The molecule has 0 atom stereocenters. The fraction of sp³-hybridized carbons (Fsp3) is 0.167. The predicted octanol–water partition coefficient (Wildman–Crippen LogP) is 6.02. The average molecular weight is 482 g/mol. The van der Waals surface area contributed by atoms with E-state index in [1.807, 2.05) is 48.5 Å². The summed E-state index contributed by atoms with van der Waals surface area (Å²) in [6.45, 7) is 0. The maximum absolute atomic E-state index is 12.1. The maximum atomic E-state index is 12.1. The van der Waals surface area contributed by atoms with Gasteiger partial charge in [0.25, 0.3) is 5.22 Å². The van der Waals surface area contributed by atoms with Crippen LogP contribution in [0.1, 0.15) is 23.2 Å². The van der Waals surface area contributed by atoms with E-state index < -0.39 is 0 Å². The lowest BCUT2D eigenvalue weighted by Crippen LogP contribution is -1.99. The third-order valence-corrected chi connectivity index (χ3v) is 5.40. The summed E-state index contributed by atoms with van der Waals surface area (Å²) in [5.74, 6) is 1.40. The van der Waals surface area contributed by atoms with Crippen molar-refractivity contribution in [2.45, 2.75) is 18.1 Å². The van der Waals surface area contributed by atoms with Crippen LogP contribution in [0.25, 0.3) is 11.5 Å². The van der Waals surface area contributed by atoms with Crippen LogP contribution in [-0.2, 0) is 0 Å².